The van der Waals surface area contributed by atoms with E-state index in [2.05, 4.69) is 12.2 Å². The molecule has 88 valence electrons. The zero-order chi connectivity index (χ0) is 11.7. The van der Waals surface area contributed by atoms with Crippen LogP contribution in [0.3, 0.4) is 0 Å². The van der Waals surface area contributed by atoms with Crippen LogP contribution in [0.4, 0.5) is 8.78 Å². The molecule has 0 aromatic heterocycles. The minimum Gasteiger partial charge on any atom is -0.316 e. The molecule has 1 aliphatic heterocycles. The zero-order valence-electron chi connectivity index (χ0n) is 9.69. The van der Waals surface area contributed by atoms with Gasteiger partial charge in [-0.25, -0.2) is 8.78 Å². The number of hydrogen-bond acceptors (Lipinski definition) is 1. The summed E-state index contributed by atoms with van der Waals surface area (Å²) in [6.07, 6.45) is 1.01. The second-order valence-corrected chi connectivity index (χ2v) is 4.68. The van der Waals surface area contributed by atoms with Gasteiger partial charge in [-0.05, 0) is 36.9 Å². The lowest BCUT2D eigenvalue weighted by molar-refractivity contribution is 0.336. The molecule has 2 atom stereocenters. The minimum atomic E-state index is -0.699. The van der Waals surface area contributed by atoms with E-state index in [4.69, 9.17) is 0 Å². The number of rotatable bonds is 1. The first-order valence-electron chi connectivity index (χ1n) is 5.76. The molecular weight excluding hydrogens is 208 g/mol. The van der Waals surface area contributed by atoms with Gasteiger partial charge in [0.2, 0.25) is 0 Å². The normalized spacial score (nSPS) is 25.8. The van der Waals surface area contributed by atoms with Crippen molar-refractivity contribution in [3.05, 3.63) is 34.9 Å². The van der Waals surface area contributed by atoms with Crippen LogP contribution in [-0.2, 0) is 0 Å². The van der Waals surface area contributed by atoms with Gasteiger partial charge in [0.25, 0.3) is 0 Å². The molecule has 0 bridgehead atoms. The van der Waals surface area contributed by atoms with E-state index in [9.17, 15) is 8.78 Å². The van der Waals surface area contributed by atoms with E-state index < -0.39 is 11.6 Å². The Morgan fingerprint density at radius 1 is 1.25 bits per heavy atom. The maximum atomic E-state index is 13.8. The molecule has 2 unspecified atom stereocenters. The van der Waals surface area contributed by atoms with Crippen molar-refractivity contribution in [1.82, 2.24) is 5.32 Å². The minimum absolute atomic E-state index is 0.0869. The van der Waals surface area contributed by atoms with Crippen LogP contribution in [0, 0.1) is 24.5 Å². The predicted molar refractivity (Wildman–Crippen MR) is 60.5 cm³/mol. The van der Waals surface area contributed by atoms with E-state index in [0.29, 0.717) is 17.0 Å². The molecule has 1 aromatic carbocycles. The molecule has 1 nitrogen and oxygen atoms in total. The van der Waals surface area contributed by atoms with Crippen molar-refractivity contribution in [2.45, 2.75) is 26.2 Å². The molecule has 1 N–H and O–H groups in total. The molecule has 1 aromatic rings. The van der Waals surface area contributed by atoms with E-state index >= 15 is 0 Å². The standard InChI is InChI=1S/C13H17F2N/c1-8-5-6-16-7-11(8)10-4-3-9(2)12(14)13(10)15/h3-4,8,11,16H,5-7H2,1-2H3. The highest BCUT2D eigenvalue weighted by atomic mass is 19.2. The van der Waals surface area contributed by atoms with Crippen molar-refractivity contribution in [3.8, 4) is 0 Å². The molecule has 1 saturated heterocycles. The Bertz CT molecular complexity index is 390. The van der Waals surface area contributed by atoms with Crippen LogP contribution in [0.15, 0.2) is 12.1 Å². The summed E-state index contributed by atoms with van der Waals surface area (Å²) >= 11 is 0. The van der Waals surface area contributed by atoms with Crippen molar-refractivity contribution in [3.63, 3.8) is 0 Å². The lowest BCUT2D eigenvalue weighted by Crippen LogP contribution is -2.34. The third-order valence-corrected chi connectivity index (χ3v) is 3.53. The molecule has 0 spiro atoms. The van der Waals surface area contributed by atoms with Gasteiger partial charge in [0.1, 0.15) is 0 Å². The van der Waals surface area contributed by atoms with Gasteiger partial charge in [0.05, 0.1) is 0 Å². The van der Waals surface area contributed by atoms with Crippen LogP contribution in [0.1, 0.15) is 30.4 Å². The van der Waals surface area contributed by atoms with Gasteiger partial charge in [-0.15, -0.1) is 0 Å². The Morgan fingerprint density at radius 2 is 2.00 bits per heavy atom. The quantitative estimate of drug-likeness (QED) is 0.774. The first kappa shape index (κ1) is 11.5. The lowest BCUT2D eigenvalue weighted by atomic mass is 9.82. The Labute approximate surface area is 94.9 Å². The Morgan fingerprint density at radius 3 is 2.69 bits per heavy atom. The number of aryl methyl sites for hydroxylation is 1. The predicted octanol–water partition coefficient (Wildman–Crippen LogP) is 2.99. The van der Waals surface area contributed by atoms with Gasteiger partial charge >= 0.3 is 0 Å². The molecule has 0 radical (unpaired) electrons. The van der Waals surface area contributed by atoms with Crippen molar-refractivity contribution in [2.75, 3.05) is 13.1 Å². The number of piperidine rings is 1. The summed E-state index contributed by atoms with van der Waals surface area (Å²) in [5.74, 6) is -0.877. The van der Waals surface area contributed by atoms with Gasteiger partial charge in [-0.1, -0.05) is 19.1 Å². The molecule has 1 fully saturated rings. The molecule has 0 saturated carbocycles. The first-order valence-corrected chi connectivity index (χ1v) is 5.76. The highest BCUT2D eigenvalue weighted by Crippen LogP contribution is 2.31. The Hall–Kier alpha value is -0.960. The van der Waals surface area contributed by atoms with E-state index in [1.165, 1.54) is 0 Å². The fourth-order valence-corrected chi connectivity index (χ4v) is 2.35. The molecule has 1 aliphatic rings. The summed E-state index contributed by atoms with van der Waals surface area (Å²) in [5, 5.41) is 3.24. The van der Waals surface area contributed by atoms with Gasteiger partial charge in [-0.3, -0.25) is 0 Å². The Balaban J connectivity index is 2.36. The number of benzene rings is 1. The summed E-state index contributed by atoms with van der Waals surface area (Å²) in [5.41, 5.74) is 0.889. The van der Waals surface area contributed by atoms with Crippen molar-refractivity contribution >= 4 is 0 Å². The van der Waals surface area contributed by atoms with Gasteiger partial charge < -0.3 is 5.32 Å². The van der Waals surface area contributed by atoms with E-state index in [1.54, 1.807) is 19.1 Å². The van der Waals surface area contributed by atoms with Crippen LogP contribution < -0.4 is 5.32 Å². The molecule has 3 heteroatoms. The second-order valence-electron chi connectivity index (χ2n) is 4.68. The summed E-state index contributed by atoms with van der Waals surface area (Å²) in [6.45, 7) is 5.39. The first-order chi connectivity index (χ1) is 7.61. The molecular formula is C13H17F2N. The topological polar surface area (TPSA) is 12.0 Å². The van der Waals surface area contributed by atoms with Gasteiger partial charge in [0.15, 0.2) is 11.6 Å². The van der Waals surface area contributed by atoms with E-state index in [0.717, 1.165) is 19.5 Å². The SMILES string of the molecule is Cc1ccc(C2CNCCC2C)c(F)c1F. The maximum Gasteiger partial charge on any atom is 0.162 e. The number of halogens is 2. The molecule has 2 rings (SSSR count). The Kier molecular flexibility index (Phi) is 3.24. The van der Waals surface area contributed by atoms with Gasteiger partial charge in [-0.2, -0.15) is 0 Å². The van der Waals surface area contributed by atoms with Crippen molar-refractivity contribution in [2.24, 2.45) is 5.92 Å². The molecule has 1 heterocycles. The highest BCUT2D eigenvalue weighted by Gasteiger charge is 2.26. The fourth-order valence-electron chi connectivity index (χ4n) is 2.35. The van der Waals surface area contributed by atoms with Crippen LogP contribution in [0.5, 0.6) is 0 Å². The number of nitrogens with one attached hydrogen (secondary N) is 1. The summed E-state index contributed by atoms with van der Waals surface area (Å²) < 4.78 is 27.3. The lowest BCUT2D eigenvalue weighted by Gasteiger charge is -2.30. The third kappa shape index (κ3) is 1.96. The second kappa shape index (κ2) is 4.50. The van der Waals surface area contributed by atoms with Crippen LogP contribution >= 0.6 is 0 Å². The highest BCUT2D eigenvalue weighted by molar-refractivity contribution is 5.29. The van der Waals surface area contributed by atoms with Crippen molar-refractivity contribution in [1.29, 1.82) is 0 Å². The largest absolute Gasteiger partial charge is 0.316 e. The van der Waals surface area contributed by atoms with Crippen LogP contribution in [0.25, 0.3) is 0 Å². The van der Waals surface area contributed by atoms with Crippen LogP contribution in [-0.4, -0.2) is 13.1 Å². The summed E-state index contributed by atoms with van der Waals surface area (Å²) in [6, 6.07) is 3.39. The fraction of sp³-hybridized carbons (Fsp3) is 0.538. The molecule has 0 amide bonds. The average molecular weight is 225 g/mol. The average Bonchev–Trinajstić information content (AvgIpc) is 2.28. The maximum absolute atomic E-state index is 13.8. The third-order valence-electron chi connectivity index (χ3n) is 3.53. The monoisotopic (exact) mass is 225 g/mol. The molecule has 0 aliphatic carbocycles. The summed E-state index contributed by atoms with van der Waals surface area (Å²) in [7, 11) is 0. The number of hydrogen-bond donors (Lipinski definition) is 1. The van der Waals surface area contributed by atoms with E-state index in [-0.39, 0.29) is 5.92 Å². The zero-order valence-corrected chi connectivity index (χ0v) is 9.69. The van der Waals surface area contributed by atoms with Crippen LogP contribution in [0.2, 0.25) is 0 Å². The molecule has 16 heavy (non-hydrogen) atoms. The smallest absolute Gasteiger partial charge is 0.162 e. The van der Waals surface area contributed by atoms with Crippen molar-refractivity contribution < 1.29 is 8.78 Å². The van der Waals surface area contributed by atoms with Gasteiger partial charge in [0, 0.05) is 12.5 Å². The summed E-state index contributed by atoms with van der Waals surface area (Å²) in [4.78, 5) is 0. The van der Waals surface area contributed by atoms with E-state index in [1.807, 2.05) is 0 Å².